The monoisotopic (exact) mass is 323 g/mol. The molecule has 0 atom stereocenters. The number of hydrogen-bond acceptors (Lipinski definition) is 4. The van der Waals surface area contributed by atoms with Crippen LogP contribution in [0.3, 0.4) is 0 Å². The Morgan fingerprint density at radius 3 is 2.09 bits per heavy atom. The normalized spacial score (nSPS) is 10.3. The second-order valence-corrected chi connectivity index (χ2v) is 4.37. The third-order valence-corrected chi connectivity index (χ3v) is 3.01. The van der Waals surface area contributed by atoms with E-state index in [2.05, 4.69) is 10.1 Å². The predicted molar refractivity (Wildman–Crippen MR) is 80.6 cm³/mol. The summed E-state index contributed by atoms with van der Waals surface area (Å²) in [6.07, 6.45) is 0. The van der Waals surface area contributed by atoms with Gasteiger partial charge in [0.2, 0.25) is 0 Å². The smallest absolute Gasteiger partial charge is 0.387 e. The van der Waals surface area contributed by atoms with Crippen LogP contribution in [0.15, 0.2) is 42.5 Å². The molecule has 0 fully saturated rings. The molecule has 2 aromatic rings. The molecule has 1 N–H and O–H groups in total. The van der Waals surface area contributed by atoms with E-state index >= 15 is 0 Å². The molecular weight excluding hydrogens is 308 g/mol. The highest BCUT2D eigenvalue weighted by Gasteiger charge is 2.20. The number of carbonyl (C=O) groups excluding carboxylic acids is 1. The van der Waals surface area contributed by atoms with E-state index in [1.54, 1.807) is 24.3 Å². The topological polar surface area (TPSA) is 56.8 Å². The van der Waals surface area contributed by atoms with Gasteiger partial charge in [0.15, 0.2) is 0 Å². The molecular formula is C16H15F2NO4. The van der Waals surface area contributed by atoms with Gasteiger partial charge in [-0.1, -0.05) is 18.2 Å². The molecule has 0 radical (unpaired) electrons. The van der Waals surface area contributed by atoms with Gasteiger partial charge in [0, 0.05) is 0 Å². The van der Waals surface area contributed by atoms with Crippen molar-refractivity contribution in [1.29, 1.82) is 0 Å². The molecule has 0 saturated carbocycles. The van der Waals surface area contributed by atoms with Crippen molar-refractivity contribution in [2.45, 2.75) is 6.61 Å². The summed E-state index contributed by atoms with van der Waals surface area (Å²) in [6, 6.07) is 10.8. The highest BCUT2D eigenvalue weighted by atomic mass is 19.3. The van der Waals surface area contributed by atoms with Gasteiger partial charge in [0.1, 0.15) is 22.8 Å². The number of halogens is 2. The zero-order valence-electron chi connectivity index (χ0n) is 12.5. The Morgan fingerprint density at radius 1 is 0.957 bits per heavy atom. The molecule has 23 heavy (non-hydrogen) atoms. The zero-order valence-corrected chi connectivity index (χ0v) is 12.5. The van der Waals surface area contributed by atoms with E-state index < -0.39 is 12.5 Å². The van der Waals surface area contributed by atoms with Crippen LogP contribution in [-0.4, -0.2) is 26.7 Å². The number of anilines is 1. The summed E-state index contributed by atoms with van der Waals surface area (Å²) in [5.74, 6) is -0.0995. The largest absolute Gasteiger partial charge is 0.496 e. The average Bonchev–Trinajstić information content (AvgIpc) is 2.55. The first-order chi connectivity index (χ1) is 11.1. The molecule has 122 valence electrons. The number of ether oxygens (including phenoxy) is 3. The van der Waals surface area contributed by atoms with Gasteiger partial charge in [-0.15, -0.1) is 0 Å². The van der Waals surface area contributed by atoms with E-state index in [9.17, 15) is 13.6 Å². The van der Waals surface area contributed by atoms with Crippen molar-refractivity contribution in [2.24, 2.45) is 0 Å². The SMILES string of the molecule is COc1cccc(OC)c1C(=O)Nc1ccccc1OC(F)F. The summed E-state index contributed by atoms with van der Waals surface area (Å²) in [5.41, 5.74) is 0.273. The molecule has 0 saturated heterocycles. The number of amides is 1. The first kappa shape index (κ1) is 16.5. The van der Waals surface area contributed by atoms with E-state index in [1.165, 1.54) is 32.4 Å². The van der Waals surface area contributed by atoms with Crippen LogP contribution in [0, 0.1) is 0 Å². The quantitative estimate of drug-likeness (QED) is 0.883. The van der Waals surface area contributed by atoms with Crippen LogP contribution in [0.2, 0.25) is 0 Å². The molecule has 7 heteroatoms. The molecule has 0 spiro atoms. The highest BCUT2D eigenvalue weighted by molar-refractivity contribution is 6.08. The molecule has 2 aromatic carbocycles. The van der Waals surface area contributed by atoms with Crippen molar-refractivity contribution in [1.82, 2.24) is 0 Å². The maximum absolute atomic E-state index is 12.5. The minimum absolute atomic E-state index is 0.116. The van der Waals surface area contributed by atoms with Crippen LogP contribution in [-0.2, 0) is 0 Å². The van der Waals surface area contributed by atoms with Gasteiger partial charge >= 0.3 is 6.61 Å². The van der Waals surface area contributed by atoms with E-state index in [0.717, 1.165) is 0 Å². The average molecular weight is 323 g/mol. The fourth-order valence-corrected chi connectivity index (χ4v) is 2.03. The second-order valence-electron chi connectivity index (χ2n) is 4.37. The number of benzene rings is 2. The number of alkyl halides is 2. The third kappa shape index (κ3) is 3.88. The summed E-state index contributed by atoms with van der Waals surface area (Å²) in [4.78, 5) is 12.5. The number of carbonyl (C=O) groups is 1. The number of para-hydroxylation sites is 2. The van der Waals surface area contributed by atoms with Crippen molar-refractivity contribution in [3.05, 3.63) is 48.0 Å². The Hall–Kier alpha value is -2.83. The molecule has 0 aliphatic heterocycles. The van der Waals surface area contributed by atoms with Crippen LogP contribution in [0.25, 0.3) is 0 Å². The van der Waals surface area contributed by atoms with Crippen molar-refractivity contribution in [2.75, 3.05) is 19.5 Å². The summed E-state index contributed by atoms with van der Waals surface area (Å²) in [5, 5.41) is 2.52. The minimum atomic E-state index is -2.99. The minimum Gasteiger partial charge on any atom is -0.496 e. The summed E-state index contributed by atoms with van der Waals surface area (Å²) in [7, 11) is 2.83. The standard InChI is InChI=1S/C16H15F2NO4/c1-21-12-8-5-9-13(22-2)14(12)15(20)19-10-6-3-4-7-11(10)23-16(17)18/h3-9,16H,1-2H3,(H,19,20). The number of rotatable bonds is 6. The first-order valence-electron chi connectivity index (χ1n) is 6.63. The van der Waals surface area contributed by atoms with E-state index in [4.69, 9.17) is 9.47 Å². The molecule has 0 heterocycles. The van der Waals surface area contributed by atoms with Gasteiger partial charge in [0.05, 0.1) is 19.9 Å². The molecule has 5 nitrogen and oxygen atoms in total. The lowest BCUT2D eigenvalue weighted by atomic mass is 10.1. The van der Waals surface area contributed by atoms with Gasteiger partial charge in [-0.3, -0.25) is 4.79 Å². The number of nitrogens with one attached hydrogen (secondary N) is 1. The molecule has 1 amide bonds. The summed E-state index contributed by atoms with van der Waals surface area (Å²) >= 11 is 0. The van der Waals surface area contributed by atoms with Crippen LogP contribution < -0.4 is 19.5 Å². The van der Waals surface area contributed by atoms with Crippen LogP contribution >= 0.6 is 0 Å². The third-order valence-electron chi connectivity index (χ3n) is 3.01. The van der Waals surface area contributed by atoms with Crippen molar-refractivity contribution >= 4 is 11.6 Å². The Labute approximate surface area is 131 Å². The van der Waals surface area contributed by atoms with Crippen molar-refractivity contribution in [3.8, 4) is 17.2 Å². The molecule has 0 aliphatic rings. The molecule has 0 bridgehead atoms. The highest BCUT2D eigenvalue weighted by Crippen LogP contribution is 2.31. The lowest BCUT2D eigenvalue weighted by Crippen LogP contribution is -2.16. The van der Waals surface area contributed by atoms with Gasteiger partial charge in [0.25, 0.3) is 5.91 Å². The van der Waals surface area contributed by atoms with Gasteiger partial charge in [-0.25, -0.2) is 0 Å². The number of hydrogen-bond donors (Lipinski definition) is 1. The molecule has 0 unspecified atom stereocenters. The Kier molecular flexibility index (Phi) is 5.35. The summed E-state index contributed by atoms with van der Waals surface area (Å²) < 4.78 is 39.5. The van der Waals surface area contributed by atoms with E-state index in [-0.39, 0.29) is 17.0 Å². The van der Waals surface area contributed by atoms with Crippen LogP contribution in [0.4, 0.5) is 14.5 Å². The Bertz CT molecular complexity index is 669. The Morgan fingerprint density at radius 2 is 1.52 bits per heavy atom. The van der Waals surface area contributed by atoms with Gasteiger partial charge in [-0.05, 0) is 24.3 Å². The fourth-order valence-electron chi connectivity index (χ4n) is 2.03. The molecule has 0 aliphatic carbocycles. The number of methoxy groups -OCH3 is 2. The van der Waals surface area contributed by atoms with E-state index in [1.807, 2.05) is 0 Å². The maximum Gasteiger partial charge on any atom is 0.387 e. The Balaban J connectivity index is 2.34. The second kappa shape index (κ2) is 7.44. The lowest BCUT2D eigenvalue weighted by molar-refractivity contribution is -0.0493. The predicted octanol–water partition coefficient (Wildman–Crippen LogP) is 3.56. The zero-order chi connectivity index (χ0) is 16.8. The van der Waals surface area contributed by atoms with Crippen LogP contribution in [0.5, 0.6) is 17.2 Å². The lowest BCUT2D eigenvalue weighted by Gasteiger charge is -2.15. The fraction of sp³-hybridized carbons (Fsp3) is 0.188. The van der Waals surface area contributed by atoms with Crippen LogP contribution in [0.1, 0.15) is 10.4 Å². The maximum atomic E-state index is 12.5. The van der Waals surface area contributed by atoms with E-state index in [0.29, 0.717) is 11.5 Å². The summed E-state index contributed by atoms with van der Waals surface area (Å²) in [6.45, 7) is -2.99. The van der Waals surface area contributed by atoms with Crippen molar-refractivity contribution < 1.29 is 27.8 Å². The molecule has 0 aromatic heterocycles. The molecule has 2 rings (SSSR count). The first-order valence-corrected chi connectivity index (χ1v) is 6.63. The van der Waals surface area contributed by atoms with Crippen molar-refractivity contribution in [3.63, 3.8) is 0 Å². The van der Waals surface area contributed by atoms with Gasteiger partial charge in [-0.2, -0.15) is 8.78 Å². The van der Waals surface area contributed by atoms with Gasteiger partial charge < -0.3 is 19.5 Å².